The van der Waals surface area contributed by atoms with Crippen LogP contribution in [0.4, 0.5) is 0 Å². The summed E-state index contributed by atoms with van der Waals surface area (Å²) in [6.07, 6.45) is 2.75. The number of carbonyl (C=O) groups is 1. The Morgan fingerprint density at radius 1 is 1.58 bits per heavy atom. The predicted molar refractivity (Wildman–Crippen MR) is 53.5 cm³/mol. The predicted octanol–water partition coefficient (Wildman–Crippen LogP) is 0.705. The number of nitrogens with one attached hydrogen (secondary N) is 1. The van der Waals surface area contributed by atoms with Gasteiger partial charge in [-0.15, -0.1) is 11.6 Å². The summed E-state index contributed by atoms with van der Waals surface area (Å²) in [4.78, 5) is 12.5. The Balaban J connectivity index is 0. The van der Waals surface area contributed by atoms with Crippen molar-refractivity contribution >= 4 is 17.5 Å². The summed E-state index contributed by atoms with van der Waals surface area (Å²) in [5.41, 5.74) is 0. The Bertz CT molecular complexity index is 126. The average molecular weight is 193 g/mol. The van der Waals surface area contributed by atoms with Gasteiger partial charge in [0.2, 0.25) is 5.91 Å². The fourth-order valence-electron chi connectivity index (χ4n) is 0.475. The van der Waals surface area contributed by atoms with E-state index in [1.54, 1.807) is 0 Å². The normalized spacial score (nSPS) is 8.42. The Morgan fingerprint density at radius 2 is 2.08 bits per heavy atom. The molecule has 0 bridgehead atoms. The lowest BCUT2D eigenvalue weighted by atomic mass is 10.5. The van der Waals surface area contributed by atoms with Crippen molar-refractivity contribution < 1.29 is 4.79 Å². The van der Waals surface area contributed by atoms with Crippen LogP contribution in [0.2, 0.25) is 0 Å². The van der Waals surface area contributed by atoms with E-state index in [1.165, 1.54) is 12.5 Å². The van der Waals surface area contributed by atoms with Crippen LogP contribution < -0.4 is 5.32 Å². The lowest BCUT2D eigenvalue weighted by Crippen LogP contribution is -2.29. The van der Waals surface area contributed by atoms with Gasteiger partial charge in [-0.3, -0.25) is 4.79 Å². The summed E-state index contributed by atoms with van der Waals surface area (Å²) in [6, 6.07) is 0. The number of halogens is 1. The van der Waals surface area contributed by atoms with Crippen molar-refractivity contribution in [2.24, 2.45) is 0 Å². The van der Waals surface area contributed by atoms with Crippen LogP contribution in [0, 0.1) is 0 Å². The van der Waals surface area contributed by atoms with E-state index in [9.17, 15) is 4.79 Å². The number of hydrogen-bond acceptors (Lipinski definition) is 2. The first-order valence-corrected chi connectivity index (χ1v) is 4.35. The van der Waals surface area contributed by atoms with E-state index in [-0.39, 0.29) is 5.91 Å². The van der Waals surface area contributed by atoms with E-state index in [1.807, 2.05) is 19.0 Å². The number of likely N-dealkylation sites (N-methyl/N-ethyl adjacent to an activating group) is 1. The Morgan fingerprint density at radius 3 is 2.42 bits per heavy atom. The summed E-state index contributed by atoms with van der Waals surface area (Å²) in [6.45, 7) is 4.87. The van der Waals surface area contributed by atoms with E-state index in [4.69, 9.17) is 0 Å². The highest BCUT2D eigenvalue weighted by Gasteiger charge is 1.92. The molecular weight excluding hydrogens is 176 g/mol. The van der Waals surface area contributed by atoms with Gasteiger partial charge >= 0.3 is 0 Å². The third kappa shape index (κ3) is 12.2. The van der Waals surface area contributed by atoms with Crippen LogP contribution in [0.25, 0.3) is 0 Å². The maximum Gasteiger partial charge on any atom is 0.243 e. The average Bonchev–Trinajstić information content (AvgIpc) is 2.07. The molecule has 0 aliphatic heterocycles. The van der Waals surface area contributed by atoms with E-state index in [2.05, 4.69) is 23.5 Å². The molecule has 0 saturated heterocycles. The van der Waals surface area contributed by atoms with Gasteiger partial charge in [0, 0.05) is 19.5 Å². The lowest BCUT2D eigenvalue weighted by molar-refractivity contribution is -0.116. The molecule has 1 N–H and O–H groups in total. The highest BCUT2D eigenvalue weighted by molar-refractivity contribution is 6.15. The summed E-state index contributed by atoms with van der Waals surface area (Å²) in [5, 5.41) is 2.66. The molecule has 12 heavy (non-hydrogen) atoms. The summed E-state index contributed by atoms with van der Waals surface area (Å²) in [7, 11) is 3.92. The minimum absolute atomic E-state index is 0.109. The van der Waals surface area contributed by atoms with E-state index in [0.717, 1.165) is 6.54 Å². The molecule has 0 radical (unpaired) electrons. The quantitative estimate of drug-likeness (QED) is 0.526. The highest BCUT2D eigenvalue weighted by Crippen LogP contribution is 1.71. The molecule has 0 aromatic heterocycles. The molecule has 0 rings (SSSR count). The molecule has 0 aromatic carbocycles. The van der Waals surface area contributed by atoms with Gasteiger partial charge in [0.25, 0.3) is 0 Å². The molecule has 4 heteroatoms. The molecular formula is C8H17ClN2O. The fourth-order valence-corrected chi connectivity index (χ4v) is 0.475. The van der Waals surface area contributed by atoms with Gasteiger partial charge in [0.1, 0.15) is 0 Å². The van der Waals surface area contributed by atoms with E-state index >= 15 is 0 Å². The van der Waals surface area contributed by atoms with Crippen molar-refractivity contribution in [3.8, 4) is 0 Å². The number of rotatable bonds is 4. The van der Waals surface area contributed by atoms with Gasteiger partial charge in [0.15, 0.2) is 0 Å². The lowest BCUT2D eigenvalue weighted by Gasteiger charge is -2.08. The SMILES string of the molecule is C=CC(=O)NCCN(C)C.CCl. The topological polar surface area (TPSA) is 32.3 Å². The molecule has 0 fully saturated rings. The molecule has 0 aliphatic carbocycles. The molecule has 0 aliphatic rings. The van der Waals surface area contributed by atoms with E-state index < -0.39 is 0 Å². The van der Waals surface area contributed by atoms with Crippen LogP contribution in [0.3, 0.4) is 0 Å². The van der Waals surface area contributed by atoms with Crippen LogP contribution in [-0.4, -0.2) is 44.4 Å². The Hall–Kier alpha value is -0.540. The zero-order valence-electron chi connectivity index (χ0n) is 7.93. The van der Waals surface area contributed by atoms with Gasteiger partial charge in [-0.2, -0.15) is 0 Å². The third-order valence-electron chi connectivity index (χ3n) is 1.04. The molecule has 0 unspecified atom stereocenters. The molecule has 0 spiro atoms. The monoisotopic (exact) mass is 192 g/mol. The first-order valence-electron chi connectivity index (χ1n) is 3.59. The molecule has 0 saturated carbocycles. The van der Waals surface area contributed by atoms with Crippen molar-refractivity contribution in [3.05, 3.63) is 12.7 Å². The number of amides is 1. The maximum absolute atomic E-state index is 10.5. The molecule has 0 aromatic rings. The summed E-state index contributed by atoms with van der Waals surface area (Å²) in [5.74, 6) is -0.109. The molecule has 3 nitrogen and oxygen atoms in total. The van der Waals surface area contributed by atoms with Gasteiger partial charge < -0.3 is 10.2 Å². The van der Waals surface area contributed by atoms with Crippen molar-refractivity contribution in [1.82, 2.24) is 10.2 Å². The highest BCUT2D eigenvalue weighted by atomic mass is 35.5. The summed E-state index contributed by atoms with van der Waals surface area (Å²) < 4.78 is 0. The number of nitrogens with zero attached hydrogens (tertiary/aromatic N) is 1. The third-order valence-corrected chi connectivity index (χ3v) is 1.04. The van der Waals surface area contributed by atoms with Crippen molar-refractivity contribution in [2.45, 2.75) is 0 Å². The number of alkyl halides is 1. The fraction of sp³-hybridized carbons (Fsp3) is 0.625. The standard InChI is InChI=1S/C7H14N2O.CH3Cl/c1-4-7(10)8-5-6-9(2)3;1-2/h4H,1,5-6H2,2-3H3,(H,8,10);1H3. The van der Waals surface area contributed by atoms with Crippen molar-refractivity contribution in [3.63, 3.8) is 0 Å². The number of carbonyl (C=O) groups excluding carboxylic acids is 1. The summed E-state index contributed by atoms with van der Waals surface area (Å²) >= 11 is 4.64. The van der Waals surface area contributed by atoms with Crippen molar-refractivity contribution in [2.75, 3.05) is 33.6 Å². The van der Waals surface area contributed by atoms with Gasteiger partial charge in [0.05, 0.1) is 0 Å². The van der Waals surface area contributed by atoms with Crippen LogP contribution in [-0.2, 0) is 4.79 Å². The molecule has 0 atom stereocenters. The van der Waals surface area contributed by atoms with Crippen molar-refractivity contribution in [1.29, 1.82) is 0 Å². The van der Waals surface area contributed by atoms with Crippen LogP contribution in [0.5, 0.6) is 0 Å². The minimum Gasteiger partial charge on any atom is -0.351 e. The maximum atomic E-state index is 10.5. The second kappa shape index (κ2) is 10.5. The van der Waals surface area contributed by atoms with Crippen LogP contribution in [0.15, 0.2) is 12.7 Å². The molecule has 72 valence electrons. The van der Waals surface area contributed by atoms with Gasteiger partial charge in [-0.1, -0.05) is 6.58 Å². The minimum atomic E-state index is -0.109. The number of hydrogen-bond donors (Lipinski definition) is 1. The van der Waals surface area contributed by atoms with Crippen LogP contribution >= 0.6 is 11.6 Å². The van der Waals surface area contributed by atoms with Gasteiger partial charge in [-0.25, -0.2) is 0 Å². The first-order chi connectivity index (χ1) is 5.66. The van der Waals surface area contributed by atoms with Gasteiger partial charge in [-0.05, 0) is 20.2 Å². The Kier molecular flexibility index (Phi) is 12.2. The molecule has 1 amide bonds. The first kappa shape index (κ1) is 14.0. The molecule has 0 heterocycles. The zero-order chi connectivity index (χ0) is 9.98. The Labute approximate surface area is 79.4 Å². The van der Waals surface area contributed by atoms with Crippen LogP contribution in [0.1, 0.15) is 0 Å². The zero-order valence-corrected chi connectivity index (χ0v) is 8.69. The van der Waals surface area contributed by atoms with E-state index in [0.29, 0.717) is 6.54 Å². The second-order valence-electron chi connectivity index (χ2n) is 2.30. The largest absolute Gasteiger partial charge is 0.351 e. The smallest absolute Gasteiger partial charge is 0.243 e. The second-order valence-corrected chi connectivity index (χ2v) is 2.30.